The highest BCUT2D eigenvalue weighted by Gasteiger charge is 2.27. The molecule has 0 aliphatic heterocycles. The Labute approximate surface area is 125 Å². The molecule has 1 aliphatic rings. The highest BCUT2D eigenvalue weighted by atomic mass is 15.2. The molecule has 0 heterocycles. The molecule has 1 aliphatic carbocycles. The van der Waals surface area contributed by atoms with Crippen molar-refractivity contribution in [3.63, 3.8) is 0 Å². The van der Waals surface area contributed by atoms with Crippen LogP contribution in [0.5, 0.6) is 0 Å². The van der Waals surface area contributed by atoms with Crippen molar-refractivity contribution in [1.82, 2.24) is 10.2 Å². The van der Waals surface area contributed by atoms with Crippen molar-refractivity contribution in [2.45, 2.75) is 77.3 Å². The molecule has 116 valence electrons. The zero-order valence-corrected chi connectivity index (χ0v) is 13.9. The van der Waals surface area contributed by atoms with Crippen molar-refractivity contribution in [2.24, 2.45) is 5.92 Å². The second-order valence-electron chi connectivity index (χ2n) is 6.73. The van der Waals surface area contributed by atoms with Gasteiger partial charge in [0.15, 0.2) is 0 Å². The zero-order valence-electron chi connectivity index (χ0n) is 13.9. The van der Waals surface area contributed by atoms with E-state index in [0.29, 0.717) is 0 Å². The van der Waals surface area contributed by atoms with Gasteiger partial charge in [-0.15, -0.1) is 0 Å². The molecule has 1 saturated carbocycles. The Morgan fingerprint density at radius 3 is 2.45 bits per heavy atom. The summed E-state index contributed by atoms with van der Waals surface area (Å²) in [4.78, 5) is 2.69. The van der Waals surface area contributed by atoms with Crippen LogP contribution >= 0.6 is 0 Å². The maximum Gasteiger partial charge on any atom is 0.106 e. The molecule has 3 heteroatoms. The minimum atomic E-state index is -0.320. The first-order valence-electron chi connectivity index (χ1n) is 8.41. The molecule has 0 aromatic carbocycles. The highest BCUT2D eigenvalue weighted by molar-refractivity contribution is 5.05. The molecule has 1 rings (SSSR count). The van der Waals surface area contributed by atoms with E-state index in [2.05, 4.69) is 37.1 Å². The molecule has 1 atom stereocenters. The molecule has 0 saturated heterocycles. The summed E-state index contributed by atoms with van der Waals surface area (Å²) in [7, 11) is 1.91. The van der Waals surface area contributed by atoms with E-state index in [1.807, 2.05) is 7.05 Å². The van der Waals surface area contributed by atoms with E-state index >= 15 is 0 Å². The Morgan fingerprint density at radius 2 is 2.00 bits per heavy atom. The lowest BCUT2D eigenvalue weighted by molar-refractivity contribution is 0.169. The van der Waals surface area contributed by atoms with E-state index in [9.17, 15) is 5.26 Å². The fraction of sp³-hybridized carbons (Fsp3) is 0.941. The van der Waals surface area contributed by atoms with Gasteiger partial charge < -0.3 is 10.2 Å². The molecular weight excluding hydrogens is 246 g/mol. The fourth-order valence-electron chi connectivity index (χ4n) is 3.41. The minimum absolute atomic E-state index is 0.320. The van der Waals surface area contributed by atoms with Crippen LogP contribution in [-0.2, 0) is 0 Å². The van der Waals surface area contributed by atoms with E-state index in [-0.39, 0.29) is 5.54 Å². The number of nitriles is 1. The largest absolute Gasteiger partial charge is 0.302 e. The second-order valence-corrected chi connectivity index (χ2v) is 6.73. The lowest BCUT2D eigenvalue weighted by Gasteiger charge is -2.32. The average molecular weight is 279 g/mol. The van der Waals surface area contributed by atoms with Crippen molar-refractivity contribution in [3.8, 4) is 6.07 Å². The van der Waals surface area contributed by atoms with Gasteiger partial charge in [-0.05, 0) is 51.6 Å². The third-order valence-electron chi connectivity index (χ3n) is 4.79. The average Bonchev–Trinajstić information content (AvgIpc) is 2.96. The number of nitrogens with one attached hydrogen (secondary N) is 1. The maximum absolute atomic E-state index is 9.37. The molecule has 0 radical (unpaired) electrons. The van der Waals surface area contributed by atoms with E-state index < -0.39 is 0 Å². The summed E-state index contributed by atoms with van der Waals surface area (Å²) < 4.78 is 0. The van der Waals surface area contributed by atoms with Gasteiger partial charge in [-0.3, -0.25) is 0 Å². The van der Waals surface area contributed by atoms with Crippen LogP contribution in [0.2, 0.25) is 0 Å². The number of hydrogen-bond donors (Lipinski definition) is 1. The first-order chi connectivity index (χ1) is 9.56. The van der Waals surface area contributed by atoms with E-state index in [0.717, 1.165) is 37.8 Å². The Morgan fingerprint density at radius 1 is 1.35 bits per heavy atom. The Hall–Kier alpha value is -0.590. The third kappa shape index (κ3) is 5.07. The highest BCUT2D eigenvalue weighted by Crippen LogP contribution is 2.25. The molecule has 3 nitrogen and oxygen atoms in total. The van der Waals surface area contributed by atoms with E-state index in [1.54, 1.807) is 0 Å². The van der Waals surface area contributed by atoms with Crippen LogP contribution in [0.4, 0.5) is 0 Å². The smallest absolute Gasteiger partial charge is 0.106 e. The number of hydrogen-bond acceptors (Lipinski definition) is 3. The van der Waals surface area contributed by atoms with Crippen LogP contribution < -0.4 is 5.32 Å². The van der Waals surface area contributed by atoms with Gasteiger partial charge in [0.1, 0.15) is 5.54 Å². The monoisotopic (exact) mass is 279 g/mol. The molecule has 0 spiro atoms. The zero-order chi connectivity index (χ0) is 15.0. The molecule has 0 amide bonds. The van der Waals surface area contributed by atoms with Gasteiger partial charge in [0.25, 0.3) is 0 Å². The Bertz CT molecular complexity index is 296. The van der Waals surface area contributed by atoms with Gasteiger partial charge in [0.2, 0.25) is 0 Å². The molecule has 1 N–H and O–H groups in total. The molecular formula is C17H33N3. The predicted octanol–water partition coefficient (Wildman–Crippen LogP) is 3.56. The van der Waals surface area contributed by atoms with Crippen molar-refractivity contribution in [1.29, 1.82) is 5.26 Å². The van der Waals surface area contributed by atoms with Crippen LogP contribution in [0, 0.1) is 17.2 Å². The van der Waals surface area contributed by atoms with Gasteiger partial charge in [-0.2, -0.15) is 5.26 Å². The van der Waals surface area contributed by atoms with Gasteiger partial charge >= 0.3 is 0 Å². The molecule has 0 aromatic heterocycles. The Balaban J connectivity index is 2.47. The second kappa shape index (κ2) is 8.64. The van der Waals surface area contributed by atoms with E-state index in [4.69, 9.17) is 0 Å². The molecule has 1 unspecified atom stereocenters. The summed E-state index contributed by atoms with van der Waals surface area (Å²) in [6.07, 6.45) is 8.49. The van der Waals surface area contributed by atoms with Crippen LogP contribution in [0.3, 0.4) is 0 Å². The predicted molar refractivity (Wildman–Crippen MR) is 85.6 cm³/mol. The van der Waals surface area contributed by atoms with Crippen molar-refractivity contribution in [2.75, 3.05) is 20.1 Å². The summed E-state index contributed by atoms with van der Waals surface area (Å²) in [5, 5.41) is 12.6. The van der Waals surface area contributed by atoms with Crippen LogP contribution in [0.15, 0.2) is 0 Å². The first kappa shape index (κ1) is 17.5. The number of rotatable bonds is 9. The summed E-state index contributed by atoms with van der Waals surface area (Å²) in [6.45, 7) is 9.06. The summed E-state index contributed by atoms with van der Waals surface area (Å²) in [6, 6.07) is 3.27. The van der Waals surface area contributed by atoms with Gasteiger partial charge in [0.05, 0.1) is 6.07 Å². The van der Waals surface area contributed by atoms with Crippen molar-refractivity contribution in [3.05, 3.63) is 0 Å². The van der Waals surface area contributed by atoms with E-state index in [1.165, 1.54) is 32.2 Å². The standard InChI is InChI=1S/C17H33N3/c1-5-17(14-18,19-4)11-8-12-20(13-15(2)3)16-9-6-7-10-16/h15-16,19H,5-13H2,1-4H3. The first-order valence-corrected chi connectivity index (χ1v) is 8.41. The normalized spacial score (nSPS) is 19.4. The SMILES string of the molecule is CCC(C#N)(CCCN(CC(C)C)C1CCCC1)NC. The van der Waals surface area contributed by atoms with Gasteiger partial charge in [0, 0.05) is 12.6 Å². The van der Waals surface area contributed by atoms with Crippen LogP contribution in [-0.4, -0.2) is 36.6 Å². The third-order valence-corrected chi connectivity index (χ3v) is 4.79. The number of nitrogens with zero attached hydrogens (tertiary/aromatic N) is 2. The molecule has 20 heavy (non-hydrogen) atoms. The topological polar surface area (TPSA) is 39.1 Å². The minimum Gasteiger partial charge on any atom is -0.302 e. The van der Waals surface area contributed by atoms with Crippen LogP contribution in [0.25, 0.3) is 0 Å². The lowest BCUT2D eigenvalue weighted by atomic mass is 9.92. The molecule has 1 fully saturated rings. The fourth-order valence-corrected chi connectivity index (χ4v) is 3.41. The quantitative estimate of drug-likeness (QED) is 0.701. The molecule has 0 aromatic rings. The van der Waals surface area contributed by atoms with Gasteiger partial charge in [-0.25, -0.2) is 0 Å². The van der Waals surface area contributed by atoms with Crippen molar-refractivity contribution >= 4 is 0 Å². The maximum atomic E-state index is 9.37. The van der Waals surface area contributed by atoms with Crippen LogP contribution in [0.1, 0.15) is 65.7 Å². The van der Waals surface area contributed by atoms with Gasteiger partial charge in [-0.1, -0.05) is 33.6 Å². The summed E-state index contributed by atoms with van der Waals surface area (Å²) >= 11 is 0. The summed E-state index contributed by atoms with van der Waals surface area (Å²) in [5.41, 5.74) is -0.320. The van der Waals surface area contributed by atoms with Crippen molar-refractivity contribution < 1.29 is 0 Å². The summed E-state index contributed by atoms with van der Waals surface area (Å²) in [5.74, 6) is 0.729. The molecule has 0 bridgehead atoms. The lowest BCUT2D eigenvalue weighted by Crippen LogP contribution is -2.42. The Kier molecular flexibility index (Phi) is 7.55.